The summed E-state index contributed by atoms with van der Waals surface area (Å²) in [5, 5.41) is 3.01. The number of benzene rings is 2. The lowest BCUT2D eigenvalue weighted by Crippen LogP contribution is -2.52. The molecular formula is C25H34N4O4S. The summed E-state index contributed by atoms with van der Waals surface area (Å²) in [5.74, 6) is 0.0438. The second-order valence-electron chi connectivity index (χ2n) is 8.41. The van der Waals surface area contributed by atoms with Crippen LogP contribution in [0.25, 0.3) is 0 Å². The van der Waals surface area contributed by atoms with Gasteiger partial charge in [0, 0.05) is 50.5 Å². The van der Waals surface area contributed by atoms with Crippen molar-refractivity contribution in [2.75, 3.05) is 44.2 Å². The first-order chi connectivity index (χ1) is 16.2. The van der Waals surface area contributed by atoms with Crippen molar-refractivity contribution in [3.63, 3.8) is 0 Å². The molecule has 0 radical (unpaired) electrons. The molecule has 1 aliphatic heterocycles. The van der Waals surface area contributed by atoms with Crippen molar-refractivity contribution in [1.82, 2.24) is 14.5 Å². The van der Waals surface area contributed by atoms with Crippen molar-refractivity contribution in [2.24, 2.45) is 0 Å². The Bertz CT molecular complexity index is 1090. The van der Waals surface area contributed by atoms with Crippen molar-refractivity contribution in [3.05, 3.63) is 59.7 Å². The topological polar surface area (TPSA) is 90.0 Å². The summed E-state index contributed by atoms with van der Waals surface area (Å²) in [6, 6.07) is 13.9. The monoisotopic (exact) mass is 486 g/mol. The molecule has 0 saturated carbocycles. The Morgan fingerprint density at radius 2 is 1.50 bits per heavy atom. The second-order valence-corrected chi connectivity index (χ2v) is 10.3. The standard InChI is InChI=1S/C25H34N4O4S/c1-5-29(6-2)34(32,33)24-13-9-21(10-14-24)19(3)26-25(31)28-17-15-27(16-18-28)23-11-7-22(8-12-23)20(4)30/h7-14,19H,5-6,15-18H2,1-4H3,(H,26,31). The molecule has 3 rings (SSSR count). The van der Waals surface area contributed by atoms with Crippen molar-refractivity contribution in [3.8, 4) is 0 Å². The Morgan fingerprint density at radius 1 is 0.941 bits per heavy atom. The molecule has 1 saturated heterocycles. The summed E-state index contributed by atoms with van der Waals surface area (Å²) in [6.45, 7) is 10.5. The molecule has 34 heavy (non-hydrogen) atoms. The number of hydrogen-bond donors (Lipinski definition) is 1. The molecule has 184 valence electrons. The van der Waals surface area contributed by atoms with E-state index in [4.69, 9.17) is 0 Å². The molecule has 1 atom stereocenters. The van der Waals surface area contributed by atoms with E-state index in [1.165, 1.54) is 4.31 Å². The fourth-order valence-corrected chi connectivity index (χ4v) is 5.53. The number of anilines is 1. The number of carbonyl (C=O) groups excluding carboxylic acids is 2. The minimum absolute atomic E-state index is 0.0438. The number of amides is 2. The maximum atomic E-state index is 12.8. The average Bonchev–Trinajstić information content (AvgIpc) is 2.84. The number of urea groups is 1. The highest BCUT2D eigenvalue weighted by molar-refractivity contribution is 7.89. The van der Waals surface area contributed by atoms with Crippen molar-refractivity contribution < 1.29 is 18.0 Å². The number of ketones is 1. The molecule has 1 heterocycles. The molecule has 1 fully saturated rings. The van der Waals surface area contributed by atoms with E-state index in [9.17, 15) is 18.0 Å². The molecular weight excluding hydrogens is 452 g/mol. The van der Waals surface area contributed by atoms with Crippen LogP contribution in [0, 0.1) is 0 Å². The molecule has 0 aliphatic carbocycles. The Hall–Kier alpha value is -2.91. The normalized spacial score (nSPS) is 15.3. The first-order valence-electron chi connectivity index (χ1n) is 11.7. The van der Waals surface area contributed by atoms with E-state index in [0.717, 1.165) is 11.3 Å². The largest absolute Gasteiger partial charge is 0.368 e. The highest BCUT2D eigenvalue weighted by Crippen LogP contribution is 2.21. The Balaban J connectivity index is 1.55. The van der Waals surface area contributed by atoms with E-state index in [0.29, 0.717) is 44.8 Å². The Kier molecular flexibility index (Phi) is 8.33. The predicted octanol–water partition coefficient (Wildman–Crippen LogP) is 3.51. The quantitative estimate of drug-likeness (QED) is 0.577. The summed E-state index contributed by atoms with van der Waals surface area (Å²) < 4.78 is 26.8. The van der Waals surface area contributed by atoms with Gasteiger partial charge in [0.2, 0.25) is 10.0 Å². The van der Waals surface area contributed by atoms with Gasteiger partial charge in [-0.2, -0.15) is 4.31 Å². The van der Waals surface area contributed by atoms with Crippen LogP contribution in [0.5, 0.6) is 0 Å². The number of nitrogens with one attached hydrogen (secondary N) is 1. The van der Waals surface area contributed by atoms with Gasteiger partial charge < -0.3 is 15.1 Å². The van der Waals surface area contributed by atoms with Gasteiger partial charge in [0.05, 0.1) is 10.9 Å². The second kappa shape index (κ2) is 11.0. The van der Waals surface area contributed by atoms with Crippen molar-refractivity contribution in [2.45, 2.75) is 38.6 Å². The number of nitrogens with zero attached hydrogens (tertiary/aromatic N) is 3. The lowest BCUT2D eigenvalue weighted by molar-refractivity contribution is 0.101. The van der Waals surface area contributed by atoms with Gasteiger partial charge in [0.1, 0.15) is 0 Å². The summed E-state index contributed by atoms with van der Waals surface area (Å²) in [5.41, 5.74) is 2.57. The molecule has 2 amide bonds. The minimum Gasteiger partial charge on any atom is -0.368 e. The number of sulfonamides is 1. The van der Waals surface area contributed by atoms with E-state index in [1.54, 1.807) is 36.1 Å². The summed E-state index contributed by atoms with van der Waals surface area (Å²) in [7, 11) is -3.50. The average molecular weight is 487 g/mol. The third-order valence-electron chi connectivity index (χ3n) is 6.27. The van der Waals surface area contributed by atoms with Gasteiger partial charge in [-0.3, -0.25) is 4.79 Å². The number of piperazine rings is 1. The van der Waals surface area contributed by atoms with Gasteiger partial charge in [-0.15, -0.1) is 0 Å². The number of Topliss-reactive ketones (excluding diaryl/α,β-unsaturated/α-hetero) is 1. The van der Waals surface area contributed by atoms with Crippen LogP contribution >= 0.6 is 0 Å². The predicted molar refractivity (Wildman–Crippen MR) is 134 cm³/mol. The molecule has 1 unspecified atom stereocenters. The van der Waals surface area contributed by atoms with Gasteiger partial charge in [-0.1, -0.05) is 26.0 Å². The highest BCUT2D eigenvalue weighted by atomic mass is 32.2. The summed E-state index contributed by atoms with van der Waals surface area (Å²) >= 11 is 0. The van der Waals surface area contributed by atoms with Crippen LogP contribution in [0.4, 0.5) is 10.5 Å². The van der Waals surface area contributed by atoms with Crippen LogP contribution in [0.1, 0.15) is 49.7 Å². The van der Waals surface area contributed by atoms with Gasteiger partial charge in [0.25, 0.3) is 0 Å². The van der Waals surface area contributed by atoms with Gasteiger partial charge in [-0.05, 0) is 55.8 Å². The maximum absolute atomic E-state index is 12.8. The molecule has 1 aliphatic rings. The first-order valence-corrected chi connectivity index (χ1v) is 13.1. The number of carbonyl (C=O) groups is 2. The van der Waals surface area contributed by atoms with Crippen LogP contribution in [0.15, 0.2) is 53.4 Å². The molecule has 1 N–H and O–H groups in total. The molecule has 8 nitrogen and oxygen atoms in total. The van der Waals surface area contributed by atoms with Crippen LogP contribution in [0.3, 0.4) is 0 Å². The summed E-state index contributed by atoms with van der Waals surface area (Å²) in [6.07, 6.45) is 0. The zero-order valence-electron chi connectivity index (χ0n) is 20.3. The van der Waals surface area contributed by atoms with Gasteiger partial charge >= 0.3 is 6.03 Å². The van der Waals surface area contributed by atoms with E-state index in [2.05, 4.69) is 10.2 Å². The van der Waals surface area contributed by atoms with E-state index in [1.807, 2.05) is 45.0 Å². The highest BCUT2D eigenvalue weighted by Gasteiger charge is 2.24. The van der Waals surface area contributed by atoms with E-state index in [-0.39, 0.29) is 22.8 Å². The number of hydrogen-bond acceptors (Lipinski definition) is 5. The van der Waals surface area contributed by atoms with Crippen LogP contribution in [-0.4, -0.2) is 68.7 Å². The first kappa shape index (κ1) is 25.7. The van der Waals surface area contributed by atoms with Gasteiger partial charge in [0.15, 0.2) is 5.78 Å². The van der Waals surface area contributed by atoms with Crippen molar-refractivity contribution >= 4 is 27.5 Å². The van der Waals surface area contributed by atoms with Crippen LogP contribution < -0.4 is 10.2 Å². The zero-order chi connectivity index (χ0) is 24.9. The lowest BCUT2D eigenvalue weighted by Gasteiger charge is -2.36. The molecule has 0 aromatic heterocycles. The minimum atomic E-state index is -3.50. The Labute approximate surface area is 202 Å². The van der Waals surface area contributed by atoms with Crippen LogP contribution in [0.2, 0.25) is 0 Å². The SMILES string of the molecule is CCN(CC)S(=O)(=O)c1ccc(C(C)NC(=O)N2CCN(c3ccc(C(C)=O)cc3)CC2)cc1. The van der Waals surface area contributed by atoms with Gasteiger partial charge in [-0.25, -0.2) is 13.2 Å². The molecule has 2 aromatic carbocycles. The number of rotatable bonds is 8. The fourth-order valence-electron chi connectivity index (χ4n) is 4.08. The zero-order valence-corrected chi connectivity index (χ0v) is 21.1. The molecule has 2 aromatic rings. The third-order valence-corrected chi connectivity index (χ3v) is 8.33. The smallest absolute Gasteiger partial charge is 0.317 e. The molecule has 0 bridgehead atoms. The maximum Gasteiger partial charge on any atom is 0.317 e. The van der Waals surface area contributed by atoms with E-state index >= 15 is 0 Å². The molecule has 9 heteroatoms. The molecule has 0 spiro atoms. The summed E-state index contributed by atoms with van der Waals surface area (Å²) in [4.78, 5) is 28.5. The van der Waals surface area contributed by atoms with Crippen LogP contribution in [-0.2, 0) is 10.0 Å². The fraction of sp³-hybridized carbons (Fsp3) is 0.440. The Morgan fingerprint density at radius 3 is 2.00 bits per heavy atom. The van der Waals surface area contributed by atoms with Crippen molar-refractivity contribution in [1.29, 1.82) is 0 Å². The lowest BCUT2D eigenvalue weighted by atomic mass is 10.1. The third kappa shape index (κ3) is 5.77. The van der Waals surface area contributed by atoms with E-state index < -0.39 is 10.0 Å².